The fourth-order valence-corrected chi connectivity index (χ4v) is 2.36. The third-order valence-electron chi connectivity index (χ3n) is 3.60. The van der Waals surface area contributed by atoms with Crippen molar-refractivity contribution in [3.63, 3.8) is 0 Å². The van der Waals surface area contributed by atoms with E-state index < -0.39 is 5.91 Å². The van der Waals surface area contributed by atoms with Crippen molar-refractivity contribution in [2.24, 2.45) is 5.10 Å². The Hall–Kier alpha value is -2.53. The molecule has 132 valence electrons. The highest BCUT2D eigenvalue weighted by Gasteiger charge is 2.12. The number of phenols is 1. The number of phenolic OH excluding ortho intramolecular Hbond substituents is 1. The van der Waals surface area contributed by atoms with Crippen molar-refractivity contribution >= 4 is 23.7 Å². The third-order valence-corrected chi connectivity index (χ3v) is 4.01. The number of carbonyl (C=O) groups excluding carboxylic acids is 1. The molecule has 0 fully saturated rings. The van der Waals surface area contributed by atoms with E-state index in [4.69, 9.17) is 16.3 Å². The van der Waals surface area contributed by atoms with Crippen LogP contribution >= 0.6 is 11.6 Å². The first-order valence-corrected chi connectivity index (χ1v) is 8.29. The van der Waals surface area contributed by atoms with Crippen molar-refractivity contribution in [1.29, 1.82) is 0 Å². The second-order valence-corrected chi connectivity index (χ2v) is 6.34. The maximum absolute atomic E-state index is 11.9. The van der Waals surface area contributed by atoms with Gasteiger partial charge in [0.15, 0.2) is 6.61 Å². The molecule has 1 amide bonds. The fraction of sp³-hybridized carbons (Fsp3) is 0.263. The lowest BCUT2D eigenvalue weighted by Gasteiger charge is -2.15. The zero-order valence-electron chi connectivity index (χ0n) is 14.4. The Balaban J connectivity index is 1.96. The number of hydrogen-bond acceptors (Lipinski definition) is 4. The molecular formula is C19H21ClN2O3. The number of halogens is 1. The first-order chi connectivity index (χ1) is 11.9. The van der Waals surface area contributed by atoms with Crippen molar-refractivity contribution in [2.75, 3.05) is 6.61 Å². The van der Waals surface area contributed by atoms with Gasteiger partial charge in [-0.05, 0) is 48.2 Å². The van der Waals surface area contributed by atoms with E-state index in [0.29, 0.717) is 16.3 Å². The summed E-state index contributed by atoms with van der Waals surface area (Å²) < 4.78 is 5.63. The second kappa shape index (κ2) is 8.53. The van der Waals surface area contributed by atoms with Crippen LogP contribution in [0.25, 0.3) is 0 Å². The molecule has 6 heteroatoms. The Morgan fingerprint density at radius 2 is 2.08 bits per heavy atom. The summed E-state index contributed by atoms with van der Waals surface area (Å²) in [5.74, 6) is 0.552. The molecule has 0 saturated carbocycles. The van der Waals surface area contributed by atoms with Crippen LogP contribution in [0.5, 0.6) is 11.5 Å². The minimum Gasteiger partial charge on any atom is -0.507 e. The van der Waals surface area contributed by atoms with E-state index in [9.17, 15) is 9.90 Å². The van der Waals surface area contributed by atoms with E-state index in [1.165, 1.54) is 6.21 Å². The number of nitrogens with zero attached hydrogens (tertiary/aromatic N) is 1. The predicted molar refractivity (Wildman–Crippen MR) is 99.6 cm³/mol. The Kier molecular flexibility index (Phi) is 6.42. The summed E-state index contributed by atoms with van der Waals surface area (Å²) in [5, 5.41) is 14.1. The smallest absolute Gasteiger partial charge is 0.277 e. The zero-order valence-corrected chi connectivity index (χ0v) is 15.2. The van der Waals surface area contributed by atoms with Crippen LogP contribution < -0.4 is 10.2 Å². The molecule has 0 aliphatic carbocycles. The van der Waals surface area contributed by atoms with E-state index in [0.717, 1.165) is 11.1 Å². The number of hydrogen-bond donors (Lipinski definition) is 2. The van der Waals surface area contributed by atoms with Crippen molar-refractivity contribution in [1.82, 2.24) is 5.43 Å². The van der Waals surface area contributed by atoms with Gasteiger partial charge in [-0.1, -0.05) is 37.6 Å². The number of aryl methyl sites for hydroxylation is 1. The molecule has 2 aromatic carbocycles. The molecule has 0 aliphatic heterocycles. The molecule has 25 heavy (non-hydrogen) atoms. The van der Waals surface area contributed by atoms with Gasteiger partial charge in [0.05, 0.1) is 6.21 Å². The normalized spacial score (nSPS) is 11.1. The van der Waals surface area contributed by atoms with Crippen LogP contribution in [0.2, 0.25) is 5.02 Å². The molecule has 2 aromatic rings. The van der Waals surface area contributed by atoms with Gasteiger partial charge in [0.1, 0.15) is 11.5 Å². The van der Waals surface area contributed by atoms with Gasteiger partial charge in [-0.15, -0.1) is 0 Å². The van der Waals surface area contributed by atoms with E-state index in [-0.39, 0.29) is 18.3 Å². The van der Waals surface area contributed by atoms with Crippen molar-refractivity contribution < 1.29 is 14.6 Å². The maximum atomic E-state index is 11.9. The molecule has 0 radical (unpaired) electrons. The Morgan fingerprint density at radius 3 is 2.76 bits per heavy atom. The van der Waals surface area contributed by atoms with Gasteiger partial charge in [-0.25, -0.2) is 5.43 Å². The highest BCUT2D eigenvalue weighted by Crippen LogP contribution is 2.31. The van der Waals surface area contributed by atoms with Gasteiger partial charge >= 0.3 is 0 Å². The predicted octanol–water partition coefficient (Wildman–Crippen LogP) is 4.01. The molecule has 2 rings (SSSR count). The highest BCUT2D eigenvalue weighted by molar-refractivity contribution is 6.31. The van der Waals surface area contributed by atoms with E-state index >= 15 is 0 Å². The summed E-state index contributed by atoms with van der Waals surface area (Å²) in [6.45, 7) is 5.78. The Labute approximate surface area is 152 Å². The van der Waals surface area contributed by atoms with E-state index in [2.05, 4.69) is 10.5 Å². The molecule has 0 heterocycles. The van der Waals surface area contributed by atoms with Crippen molar-refractivity contribution in [2.45, 2.75) is 26.7 Å². The van der Waals surface area contributed by atoms with Crippen LogP contribution in [0.3, 0.4) is 0 Å². The molecule has 0 aliphatic rings. The van der Waals surface area contributed by atoms with Gasteiger partial charge in [0, 0.05) is 10.6 Å². The number of ether oxygens (including phenoxy) is 1. The Bertz CT molecular complexity index is 788. The number of aromatic hydroxyl groups is 1. The lowest BCUT2D eigenvalue weighted by atomic mass is 10.0. The summed E-state index contributed by atoms with van der Waals surface area (Å²) in [7, 11) is 0. The summed E-state index contributed by atoms with van der Waals surface area (Å²) in [5.41, 5.74) is 4.72. The van der Waals surface area contributed by atoms with Crippen LogP contribution in [0.4, 0.5) is 0 Å². The summed E-state index contributed by atoms with van der Waals surface area (Å²) in [4.78, 5) is 11.9. The average molecular weight is 361 g/mol. The largest absolute Gasteiger partial charge is 0.507 e. The molecule has 0 atom stereocenters. The molecule has 0 unspecified atom stereocenters. The topological polar surface area (TPSA) is 70.9 Å². The number of amides is 1. The minimum absolute atomic E-state index is 0.0926. The first kappa shape index (κ1) is 18.8. The third kappa shape index (κ3) is 5.22. The molecule has 2 N–H and O–H groups in total. The number of para-hydroxylation sites is 1. The monoisotopic (exact) mass is 360 g/mol. The van der Waals surface area contributed by atoms with Crippen LogP contribution in [-0.2, 0) is 4.79 Å². The number of nitrogens with one attached hydrogen (secondary N) is 1. The van der Waals surface area contributed by atoms with Crippen molar-refractivity contribution in [3.05, 3.63) is 58.1 Å². The van der Waals surface area contributed by atoms with E-state index in [1.54, 1.807) is 24.3 Å². The lowest BCUT2D eigenvalue weighted by Crippen LogP contribution is -2.25. The number of carbonyl (C=O) groups is 1. The number of rotatable bonds is 6. The van der Waals surface area contributed by atoms with Crippen molar-refractivity contribution in [3.8, 4) is 11.5 Å². The molecule has 0 saturated heterocycles. The fourth-order valence-electron chi connectivity index (χ4n) is 2.19. The molecular weight excluding hydrogens is 340 g/mol. The minimum atomic E-state index is -0.394. The summed E-state index contributed by atoms with van der Waals surface area (Å²) in [6, 6.07) is 10.4. The second-order valence-electron chi connectivity index (χ2n) is 5.93. The lowest BCUT2D eigenvalue weighted by molar-refractivity contribution is -0.123. The summed E-state index contributed by atoms with van der Waals surface area (Å²) >= 11 is 6.16. The van der Waals surface area contributed by atoms with Gasteiger partial charge < -0.3 is 9.84 Å². The molecule has 0 spiro atoms. The van der Waals surface area contributed by atoms with Crippen LogP contribution in [0.15, 0.2) is 41.5 Å². The number of hydrazone groups is 1. The quantitative estimate of drug-likeness (QED) is 0.604. The van der Waals surface area contributed by atoms with Gasteiger partial charge in [0.2, 0.25) is 0 Å². The van der Waals surface area contributed by atoms with Gasteiger partial charge in [0.25, 0.3) is 5.91 Å². The average Bonchev–Trinajstić information content (AvgIpc) is 2.57. The van der Waals surface area contributed by atoms with Gasteiger partial charge in [-0.3, -0.25) is 4.79 Å². The molecule has 0 bridgehead atoms. The standard InChI is InChI=1S/C19H21ClN2O3/c1-12(2)15-9-16(20)13(3)8-18(15)25-11-19(24)22-21-10-14-6-4-5-7-17(14)23/h4-10,12,23H,11H2,1-3H3,(H,22,24)/b21-10-. The van der Waals surface area contributed by atoms with E-state index in [1.807, 2.05) is 32.9 Å². The molecule has 5 nitrogen and oxygen atoms in total. The highest BCUT2D eigenvalue weighted by atomic mass is 35.5. The van der Waals surface area contributed by atoms with Crippen LogP contribution in [0.1, 0.15) is 36.5 Å². The summed E-state index contributed by atoms with van der Waals surface area (Å²) in [6.07, 6.45) is 1.37. The Morgan fingerprint density at radius 1 is 1.36 bits per heavy atom. The first-order valence-electron chi connectivity index (χ1n) is 7.91. The molecule has 0 aromatic heterocycles. The van der Waals surface area contributed by atoms with Gasteiger partial charge in [-0.2, -0.15) is 5.10 Å². The zero-order chi connectivity index (χ0) is 18.4. The van der Waals surface area contributed by atoms with Crippen LogP contribution in [-0.4, -0.2) is 23.8 Å². The number of benzene rings is 2. The SMILES string of the molecule is Cc1cc(OCC(=O)N/N=C\c2ccccc2O)c(C(C)C)cc1Cl. The van der Waals surface area contributed by atoms with Crippen LogP contribution in [0, 0.1) is 6.92 Å². The maximum Gasteiger partial charge on any atom is 0.277 e.